The van der Waals surface area contributed by atoms with Crippen LogP contribution in [0.2, 0.25) is 0 Å². The minimum absolute atomic E-state index is 0.146. The summed E-state index contributed by atoms with van der Waals surface area (Å²) in [6.07, 6.45) is 0.443. The summed E-state index contributed by atoms with van der Waals surface area (Å²) in [6, 6.07) is 6.23. The van der Waals surface area contributed by atoms with Gasteiger partial charge in [0.05, 0.1) is 17.2 Å². The third-order valence-corrected chi connectivity index (χ3v) is 3.37. The summed E-state index contributed by atoms with van der Waals surface area (Å²) in [6.45, 7) is 5.49. The number of esters is 1. The molecule has 0 aliphatic carbocycles. The van der Waals surface area contributed by atoms with Crippen molar-refractivity contribution in [2.75, 3.05) is 0 Å². The van der Waals surface area contributed by atoms with Gasteiger partial charge in [0.15, 0.2) is 0 Å². The first kappa shape index (κ1) is 15.2. The summed E-state index contributed by atoms with van der Waals surface area (Å²) < 4.78 is 23.4. The number of aromatic nitrogens is 1. The largest absolute Gasteiger partial charge is 0.460 e. The normalized spacial score (nSPS) is 12.2. The average Bonchev–Trinajstić information content (AvgIpc) is 2.75. The number of benzene rings is 1. The van der Waals surface area contributed by atoms with E-state index in [9.17, 15) is 9.18 Å². The number of carbonyl (C=O) groups is 1. The Hall–Kier alpha value is -2.17. The molecule has 1 atom stereocenters. The van der Waals surface area contributed by atoms with E-state index in [0.717, 1.165) is 16.8 Å². The Kier molecular flexibility index (Phi) is 4.73. The highest BCUT2D eigenvalue weighted by Crippen LogP contribution is 2.16. The summed E-state index contributed by atoms with van der Waals surface area (Å²) in [4.78, 5) is 12.0. The van der Waals surface area contributed by atoms with Crippen LogP contribution in [0.15, 0.2) is 28.8 Å². The molecule has 112 valence electrons. The summed E-state index contributed by atoms with van der Waals surface area (Å²) in [7, 11) is 0. The Balaban J connectivity index is 1.91. The highest BCUT2D eigenvalue weighted by molar-refractivity contribution is 5.72. The van der Waals surface area contributed by atoms with Crippen LogP contribution < -0.4 is 0 Å². The standard InChI is InChI=1S/C16H18FNO3/c1-10(7-13-5-4-6-14(17)8-13)16(19)20-9-15-11(2)18-21-12(15)3/h4-6,8,10H,7,9H2,1-3H3. The molecule has 4 nitrogen and oxygen atoms in total. The lowest BCUT2D eigenvalue weighted by atomic mass is 10.0. The molecule has 0 bridgehead atoms. The number of carbonyl (C=O) groups excluding carboxylic acids is 1. The van der Waals surface area contributed by atoms with Crippen LogP contribution in [-0.4, -0.2) is 11.1 Å². The van der Waals surface area contributed by atoms with Crippen molar-refractivity contribution >= 4 is 5.97 Å². The maximum absolute atomic E-state index is 13.1. The molecular weight excluding hydrogens is 273 g/mol. The number of ether oxygens (including phenoxy) is 1. The number of nitrogens with zero attached hydrogens (tertiary/aromatic N) is 1. The first-order chi connectivity index (χ1) is 9.97. The second kappa shape index (κ2) is 6.52. The molecule has 1 unspecified atom stereocenters. The molecule has 1 aromatic carbocycles. The molecule has 1 aromatic heterocycles. The molecule has 0 aliphatic rings. The van der Waals surface area contributed by atoms with Crippen molar-refractivity contribution in [2.45, 2.75) is 33.8 Å². The lowest BCUT2D eigenvalue weighted by molar-refractivity contribution is -0.149. The zero-order valence-corrected chi connectivity index (χ0v) is 12.4. The molecule has 21 heavy (non-hydrogen) atoms. The average molecular weight is 291 g/mol. The molecule has 0 radical (unpaired) electrons. The first-order valence-electron chi connectivity index (χ1n) is 6.80. The monoisotopic (exact) mass is 291 g/mol. The highest BCUT2D eigenvalue weighted by Gasteiger charge is 2.17. The van der Waals surface area contributed by atoms with Gasteiger partial charge in [0, 0.05) is 0 Å². The van der Waals surface area contributed by atoms with Gasteiger partial charge in [-0.3, -0.25) is 4.79 Å². The Morgan fingerprint density at radius 3 is 2.81 bits per heavy atom. The van der Waals surface area contributed by atoms with Crippen LogP contribution in [0, 0.1) is 25.6 Å². The fourth-order valence-corrected chi connectivity index (χ4v) is 2.09. The molecular formula is C16H18FNO3. The summed E-state index contributed by atoms with van der Waals surface area (Å²) >= 11 is 0. The SMILES string of the molecule is Cc1noc(C)c1COC(=O)C(C)Cc1cccc(F)c1. The van der Waals surface area contributed by atoms with Crippen molar-refractivity contribution in [3.63, 3.8) is 0 Å². The number of halogens is 1. The van der Waals surface area contributed by atoms with Crippen LogP contribution in [0.5, 0.6) is 0 Å². The van der Waals surface area contributed by atoms with Crippen LogP contribution in [0.4, 0.5) is 4.39 Å². The molecule has 0 fully saturated rings. The maximum Gasteiger partial charge on any atom is 0.309 e. The smallest absolute Gasteiger partial charge is 0.309 e. The van der Waals surface area contributed by atoms with E-state index in [0.29, 0.717) is 12.2 Å². The zero-order chi connectivity index (χ0) is 15.4. The number of rotatable bonds is 5. The first-order valence-corrected chi connectivity index (χ1v) is 6.80. The fraction of sp³-hybridized carbons (Fsp3) is 0.375. The Morgan fingerprint density at radius 1 is 1.43 bits per heavy atom. The van der Waals surface area contributed by atoms with E-state index in [1.54, 1.807) is 32.9 Å². The molecule has 2 rings (SSSR count). The van der Waals surface area contributed by atoms with Crippen molar-refractivity contribution < 1.29 is 18.4 Å². The van der Waals surface area contributed by atoms with E-state index >= 15 is 0 Å². The number of hydrogen-bond donors (Lipinski definition) is 0. The third kappa shape index (κ3) is 3.90. The summed E-state index contributed by atoms with van der Waals surface area (Å²) in [5.41, 5.74) is 2.29. The molecule has 0 N–H and O–H groups in total. The van der Waals surface area contributed by atoms with Gasteiger partial charge in [0.2, 0.25) is 0 Å². The van der Waals surface area contributed by atoms with Gasteiger partial charge in [0.1, 0.15) is 18.2 Å². The molecule has 0 saturated carbocycles. The van der Waals surface area contributed by atoms with Crippen LogP contribution in [0.3, 0.4) is 0 Å². The molecule has 0 saturated heterocycles. The van der Waals surface area contributed by atoms with Crippen molar-refractivity contribution in [2.24, 2.45) is 5.92 Å². The van der Waals surface area contributed by atoms with Crippen LogP contribution in [0.25, 0.3) is 0 Å². The Morgan fingerprint density at radius 2 is 2.19 bits per heavy atom. The van der Waals surface area contributed by atoms with E-state index in [1.807, 2.05) is 0 Å². The highest BCUT2D eigenvalue weighted by atomic mass is 19.1. The van der Waals surface area contributed by atoms with Gasteiger partial charge < -0.3 is 9.26 Å². The van der Waals surface area contributed by atoms with Crippen molar-refractivity contribution in [3.8, 4) is 0 Å². The van der Waals surface area contributed by atoms with Crippen LogP contribution >= 0.6 is 0 Å². The second-order valence-corrected chi connectivity index (χ2v) is 5.15. The van der Waals surface area contributed by atoms with Crippen molar-refractivity contribution in [1.29, 1.82) is 0 Å². The zero-order valence-electron chi connectivity index (χ0n) is 12.4. The predicted octanol–water partition coefficient (Wildman–Crippen LogP) is 3.35. The number of aryl methyl sites for hydroxylation is 2. The van der Waals surface area contributed by atoms with E-state index in [2.05, 4.69) is 5.16 Å². The van der Waals surface area contributed by atoms with Crippen LogP contribution in [-0.2, 0) is 22.6 Å². The van der Waals surface area contributed by atoms with E-state index < -0.39 is 0 Å². The lowest BCUT2D eigenvalue weighted by Crippen LogP contribution is -2.17. The van der Waals surface area contributed by atoms with E-state index in [-0.39, 0.29) is 24.3 Å². The van der Waals surface area contributed by atoms with Gasteiger partial charge >= 0.3 is 5.97 Å². The molecule has 0 amide bonds. The topological polar surface area (TPSA) is 52.3 Å². The van der Waals surface area contributed by atoms with Gasteiger partial charge in [-0.2, -0.15) is 0 Å². The minimum atomic E-state index is -0.340. The van der Waals surface area contributed by atoms with Crippen LogP contribution in [0.1, 0.15) is 29.5 Å². The molecule has 0 aliphatic heterocycles. The summed E-state index contributed by atoms with van der Waals surface area (Å²) in [5, 5.41) is 3.81. The molecule has 2 aromatic rings. The van der Waals surface area contributed by atoms with Gasteiger partial charge in [-0.25, -0.2) is 4.39 Å². The second-order valence-electron chi connectivity index (χ2n) is 5.15. The maximum atomic E-state index is 13.1. The lowest BCUT2D eigenvalue weighted by Gasteiger charge is -2.11. The van der Waals surface area contributed by atoms with Crippen molar-refractivity contribution in [1.82, 2.24) is 5.16 Å². The Bertz CT molecular complexity index is 617. The number of hydrogen-bond acceptors (Lipinski definition) is 4. The Labute approximate surface area is 122 Å². The third-order valence-electron chi connectivity index (χ3n) is 3.37. The summed E-state index contributed by atoms with van der Waals surface area (Å²) in [5.74, 6) is -0.312. The predicted molar refractivity (Wildman–Crippen MR) is 75.0 cm³/mol. The fourth-order valence-electron chi connectivity index (χ4n) is 2.09. The van der Waals surface area contributed by atoms with E-state index in [1.165, 1.54) is 12.1 Å². The van der Waals surface area contributed by atoms with Crippen molar-refractivity contribution in [3.05, 3.63) is 52.7 Å². The van der Waals surface area contributed by atoms with Gasteiger partial charge in [-0.1, -0.05) is 24.2 Å². The molecule has 1 heterocycles. The minimum Gasteiger partial charge on any atom is -0.460 e. The van der Waals surface area contributed by atoms with Gasteiger partial charge in [0.25, 0.3) is 0 Å². The quantitative estimate of drug-likeness (QED) is 0.793. The van der Waals surface area contributed by atoms with E-state index in [4.69, 9.17) is 9.26 Å². The van der Waals surface area contributed by atoms with Gasteiger partial charge in [-0.05, 0) is 38.0 Å². The molecule has 5 heteroatoms. The molecule has 0 spiro atoms. The van der Waals surface area contributed by atoms with Gasteiger partial charge in [-0.15, -0.1) is 0 Å².